The summed E-state index contributed by atoms with van der Waals surface area (Å²) >= 11 is 1.52. The molecule has 0 atom stereocenters. The largest absolute Gasteiger partial charge is 0.455 e. The Morgan fingerprint density at radius 1 is 1.25 bits per heavy atom. The summed E-state index contributed by atoms with van der Waals surface area (Å²) in [4.78, 5) is 23.6. The molecular formula is C21H32N4O2S. The predicted molar refractivity (Wildman–Crippen MR) is 115 cm³/mol. The first-order valence-electron chi connectivity index (χ1n) is 9.90. The average molecular weight is 405 g/mol. The maximum Gasteiger partial charge on any atom is 0.287 e. The van der Waals surface area contributed by atoms with Gasteiger partial charge in [0.1, 0.15) is 11.6 Å². The van der Waals surface area contributed by atoms with E-state index in [9.17, 15) is 4.79 Å². The van der Waals surface area contributed by atoms with Gasteiger partial charge in [0.05, 0.1) is 5.75 Å². The van der Waals surface area contributed by atoms with Crippen molar-refractivity contribution in [3.05, 3.63) is 35.4 Å². The monoisotopic (exact) mass is 404 g/mol. The Labute approximate surface area is 172 Å². The van der Waals surface area contributed by atoms with Gasteiger partial charge < -0.3 is 14.6 Å². The van der Waals surface area contributed by atoms with Gasteiger partial charge >= 0.3 is 0 Å². The number of anilines is 1. The number of aromatic nitrogens is 2. The minimum absolute atomic E-state index is 0.175. The lowest BCUT2D eigenvalue weighted by atomic mass is 10.1. The van der Waals surface area contributed by atoms with Crippen molar-refractivity contribution in [2.75, 3.05) is 25.0 Å². The summed E-state index contributed by atoms with van der Waals surface area (Å²) in [7, 11) is 2.05. The summed E-state index contributed by atoms with van der Waals surface area (Å²) in [5, 5.41) is 3.60. The molecular weight excluding hydrogens is 372 g/mol. The zero-order valence-electron chi connectivity index (χ0n) is 17.8. The first-order chi connectivity index (χ1) is 13.3. The number of nitrogens with one attached hydrogen (secondary N) is 1. The maximum absolute atomic E-state index is 12.1. The molecule has 2 rings (SSSR count). The summed E-state index contributed by atoms with van der Waals surface area (Å²) in [6.45, 7) is 12.1. The molecule has 154 valence electrons. The molecule has 0 bridgehead atoms. The van der Waals surface area contributed by atoms with Gasteiger partial charge in [-0.05, 0) is 30.4 Å². The van der Waals surface area contributed by atoms with Crippen molar-refractivity contribution in [1.29, 1.82) is 0 Å². The third-order valence-electron chi connectivity index (χ3n) is 4.15. The number of carbonyl (C=O) groups is 1. The van der Waals surface area contributed by atoms with Crippen molar-refractivity contribution < 1.29 is 9.21 Å². The van der Waals surface area contributed by atoms with E-state index in [2.05, 4.69) is 62.9 Å². The summed E-state index contributed by atoms with van der Waals surface area (Å²) in [6.07, 6.45) is 1.06. The number of nitrogens with zero attached hydrogens (tertiary/aromatic N) is 3. The average Bonchev–Trinajstić information content (AvgIpc) is 3.13. The molecule has 1 N–H and O–H groups in total. The van der Waals surface area contributed by atoms with Gasteiger partial charge in [-0.15, -0.1) is 0 Å². The summed E-state index contributed by atoms with van der Waals surface area (Å²) in [5.74, 6) is 3.16. The minimum Gasteiger partial charge on any atom is -0.455 e. The Balaban J connectivity index is 2.06. The van der Waals surface area contributed by atoms with E-state index in [4.69, 9.17) is 9.40 Å². The van der Waals surface area contributed by atoms with E-state index in [1.807, 2.05) is 6.07 Å². The van der Waals surface area contributed by atoms with Gasteiger partial charge in [-0.1, -0.05) is 46.4 Å². The van der Waals surface area contributed by atoms with Crippen molar-refractivity contribution >= 4 is 23.5 Å². The van der Waals surface area contributed by atoms with E-state index < -0.39 is 0 Å². The lowest BCUT2D eigenvalue weighted by Gasteiger charge is -2.19. The van der Waals surface area contributed by atoms with Crippen LogP contribution in [0.2, 0.25) is 0 Å². The molecule has 0 radical (unpaired) electrons. The third kappa shape index (κ3) is 6.55. The topological polar surface area (TPSA) is 71.3 Å². The van der Waals surface area contributed by atoms with Crippen LogP contribution in [0.15, 0.2) is 27.8 Å². The molecule has 0 aromatic carbocycles. The van der Waals surface area contributed by atoms with Crippen molar-refractivity contribution in [1.82, 2.24) is 15.3 Å². The van der Waals surface area contributed by atoms with Crippen LogP contribution in [-0.4, -0.2) is 36.0 Å². The van der Waals surface area contributed by atoms with Crippen LogP contribution in [0.3, 0.4) is 0 Å². The van der Waals surface area contributed by atoms with Crippen LogP contribution in [0, 0.1) is 5.92 Å². The smallest absolute Gasteiger partial charge is 0.287 e. The van der Waals surface area contributed by atoms with E-state index in [1.54, 1.807) is 6.07 Å². The molecule has 2 aromatic rings. The molecule has 0 spiro atoms. The Hall–Kier alpha value is -2.02. The molecule has 0 saturated heterocycles. The number of furan rings is 1. The van der Waals surface area contributed by atoms with Gasteiger partial charge in [-0.2, -0.15) is 0 Å². The van der Waals surface area contributed by atoms with Gasteiger partial charge in [0.15, 0.2) is 10.9 Å². The molecule has 2 aromatic heterocycles. The van der Waals surface area contributed by atoms with Crippen LogP contribution in [0.25, 0.3) is 0 Å². The maximum atomic E-state index is 12.1. The van der Waals surface area contributed by atoms with Gasteiger partial charge in [0.2, 0.25) is 0 Å². The highest BCUT2D eigenvalue weighted by Gasteiger charge is 2.14. The second-order valence-electron chi connectivity index (χ2n) is 7.67. The number of carbonyl (C=O) groups excluding carboxylic acids is 1. The van der Waals surface area contributed by atoms with Crippen LogP contribution < -0.4 is 10.2 Å². The highest BCUT2D eigenvalue weighted by molar-refractivity contribution is 7.98. The Kier molecular flexibility index (Phi) is 8.35. The molecule has 0 aliphatic heterocycles. The van der Waals surface area contributed by atoms with Crippen LogP contribution in [0.5, 0.6) is 0 Å². The molecule has 0 saturated carbocycles. The standard InChI is InChI=1S/C21H32N4O2S/c1-7-10-25(6)19-11-17(15(4)5)23-21(24-19)28-13-16-8-9-18(27-16)20(26)22-12-14(2)3/h8-9,11,14-15H,7,10,12-13H2,1-6H3,(H,22,26). The van der Waals surface area contributed by atoms with Crippen molar-refractivity contribution in [2.45, 2.75) is 57.9 Å². The molecule has 28 heavy (non-hydrogen) atoms. The first-order valence-corrected chi connectivity index (χ1v) is 10.9. The van der Waals surface area contributed by atoms with Crippen LogP contribution in [-0.2, 0) is 5.75 Å². The molecule has 7 heteroatoms. The summed E-state index contributed by atoms with van der Waals surface area (Å²) in [6, 6.07) is 5.62. The zero-order valence-corrected chi connectivity index (χ0v) is 18.6. The summed E-state index contributed by atoms with van der Waals surface area (Å²) in [5.41, 5.74) is 1.03. The quantitative estimate of drug-likeness (QED) is 0.456. The molecule has 0 fully saturated rings. The van der Waals surface area contributed by atoms with Crippen LogP contribution in [0.1, 0.15) is 69.0 Å². The molecule has 0 aliphatic carbocycles. The van der Waals surface area contributed by atoms with Gasteiger partial charge in [-0.25, -0.2) is 9.97 Å². The van der Waals surface area contributed by atoms with E-state index in [-0.39, 0.29) is 5.91 Å². The molecule has 0 aliphatic rings. The minimum atomic E-state index is -0.175. The first kappa shape index (κ1) is 22.3. The zero-order chi connectivity index (χ0) is 20.7. The van der Waals surface area contributed by atoms with E-state index in [0.29, 0.717) is 29.9 Å². The normalized spacial score (nSPS) is 11.3. The lowest BCUT2D eigenvalue weighted by molar-refractivity contribution is 0.0920. The highest BCUT2D eigenvalue weighted by Crippen LogP contribution is 2.26. The molecule has 2 heterocycles. The van der Waals surface area contributed by atoms with Crippen molar-refractivity contribution in [2.24, 2.45) is 5.92 Å². The Morgan fingerprint density at radius 3 is 2.64 bits per heavy atom. The second kappa shape index (κ2) is 10.5. The van der Waals surface area contributed by atoms with Crippen molar-refractivity contribution in [3.63, 3.8) is 0 Å². The SMILES string of the molecule is CCCN(C)c1cc(C(C)C)nc(SCc2ccc(C(=O)NCC(C)C)o2)n1. The number of rotatable bonds is 10. The second-order valence-corrected chi connectivity index (χ2v) is 8.61. The lowest BCUT2D eigenvalue weighted by Crippen LogP contribution is -2.26. The highest BCUT2D eigenvalue weighted by atomic mass is 32.2. The number of hydrogen-bond donors (Lipinski definition) is 1. The number of thioether (sulfide) groups is 1. The fourth-order valence-corrected chi connectivity index (χ4v) is 3.29. The van der Waals surface area contributed by atoms with Gasteiger partial charge in [-0.3, -0.25) is 4.79 Å². The molecule has 6 nitrogen and oxygen atoms in total. The van der Waals surface area contributed by atoms with Crippen molar-refractivity contribution in [3.8, 4) is 0 Å². The fraction of sp³-hybridized carbons (Fsp3) is 0.571. The van der Waals surface area contributed by atoms with Gasteiger partial charge in [0, 0.05) is 31.9 Å². The fourth-order valence-electron chi connectivity index (χ4n) is 2.53. The van der Waals surface area contributed by atoms with E-state index in [1.165, 1.54) is 11.8 Å². The van der Waals surface area contributed by atoms with Crippen LogP contribution in [0.4, 0.5) is 5.82 Å². The number of amides is 1. The number of hydrogen-bond acceptors (Lipinski definition) is 6. The molecule has 0 unspecified atom stereocenters. The van der Waals surface area contributed by atoms with E-state index in [0.717, 1.165) is 35.4 Å². The van der Waals surface area contributed by atoms with Gasteiger partial charge in [0.25, 0.3) is 5.91 Å². The predicted octanol–water partition coefficient (Wildman–Crippen LogP) is 4.72. The third-order valence-corrected chi connectivity index (χ3v) is 5.02. The van der Waals surface area contributed by atoms with Crippen LogP contribution >= 0.6 is 11.8 Å². The van der Waals surface area contributed by atoms with E-state index >= 15 is 0 Å². The Bertz CT molecular complexity index is 774. The molecule has 1 amide bonds. The summed E-state index contributed by atoms with van der Waals surface area (Å²) < 4.78 is 5.69. The Morgan fingerprint density at radius 2 is 2.00 bits per heavy atom.